The van der Waals surface area contributed by atoms with Gasteiger partial charge in [-0.25, -0.2) is 4.39 Å². The summed E-state index contributed by atoms with van der Waals surface area (Å²) in [6.07, 6.45) is 0.483. The van der Waals surface area contributed by atoms with Gasteiger partial charge in [0.25, 0.3) is 0 Å². The molecule has 1 aromatic rings. The van der Waals surface area contributed by atoms with E-state index >= 15 is 0 Å². The quantitative estimate of drug-likeness (QED) is 0.770. The highest BCUT2D eigenvalue weighted by Gasteiger charge is 2.36. The normalized spacial score (nSPS) is 19.5. The minimum atomic E-state index is -1.03. The van der Waals surface area contributed by atoms with Gasteiger partial charge in [-0.2, -0.15) is 0 Å². The highest BCUT2D eigenvalue weighted by Crippen LogP contribution is 2.23. The standard InChI is InChI=1S/C10H11ClFN/c11-9-3-1-8(2-4-9)5-10(12)6-13-7-10/h1-4,13H,5-7H2. The molecule has 13 heavy (non-hydrogen) atoms. The van der Waals surface area contributed by atoms with E-state index in [2.05, 4.69) is 5.32 Å². The third kappa shape index (κ3) is 2.01. The molecular formula is C10H11ClFN. The second kappa shape index (κ2) is 3.28. The van der Waals surface area contributed by atoms with Gasteiger partial charge in [-0.3, -0.25) is 0 Å². The lowest BCUT2D eigenvalue weighted by molar-refractivity contribution is 0.0912. The predicted octanol–water partition coefficient (Wildman–Crippen LogP) is 2.19. The molecule has 1 heterocycles. The van der Waals surface area contributed by atoms with Crippen LogP contribution in [0.4, 0.5) is 4.39 Å². The molecular weight excluding hydrogens is 189 g/mol. The highest BCUT2D eigenvalue weighted by molar-refractivity contribution is 6.30. The molecule has 1 aliphatic rings. The number of hydrogen-bond donors (Lipinski definition) is 1. The zero-order chi connectivity index (χ0) is 9.31. The SMILES string of the molecule is FC1(Cc2ccc(Cl)cc2)CNC1. The summed E-state index contributed by atoms with van der Waals surface area (Å²) in [4.78, 5) is 0. The summed E-state index contributed by atoms with van der Waals surface area (Å²) in [6.45, 7) is 0.936. The molecule has 0 bridgehead atoms. The molecule has 1 nitrogen and oxygen atoms in total. The molecule has 1 N–H and O–H groups in total. The van der Waals surface area contributed by atoms with E-state index in [1.54, 1.807) is 12.1 Å². The van der Waals surface area contributed by atoms with Crippen molar-refractivity contribution in [2.45, 2.75) is 12.1 Å². The van der Waals surface area contributed by atoms with E-state index in [0.29, 0.717) is 24.5 Å². The molecule has 0 aliphatic carbocycles. The van der Waals surface area contributed by atoms with Crippen LogP contribution in [0.5, 0.6) is 0 Å². The topological polar surface area (TPSA) is 12.0 Å². The molecule has 70 valence electrons. The number of halogens is 2. The van der Waals surface area contributed by atoms with E-state index in [1.165, 1.54) is 0 Å². The van der Waals surface area contributed by atoms with Crippen LogP contribution in [-0.2, 0) is 6.42 Å². The van der Waals surface area contributed by atoms with Crippen LogP contribution in [0.1, 0.15) is 5.56 Å². The molecule has 0 saturated carbocycles. The zero-order valence-electron chi connectivity index (χ0n) is 7.19. The highest BCUT2D eigenvalue weighted by atomic mass is 35.5. The molecule has 1 fully saturated rings. The van der Waals surface area contributed by atoms with Gasteiger partial charge in [0, 0.05) is 24.5 Å². The van der Waals surface area contributed by atoms with Gasteiger partial charge < -0.3 is 5.32 Å². The minimum Gasteiger partial charge on any atom is -0.310 e. The second-order valence-corrected chi connectivity index (χ2v) is 3.99. The fourth-order valence-corrected chi connectivity index (χ4v) is 1.62. The molecule has 3 heteroatoms. The van der Waals surface area contributed by atoms with Crippen LogP contribution in [0.2, 0.25) is 5.02 Å². The van der Waals surface area contributed by atoms with Crippen molar-refractivity contribution in [2.75, 3.05) is 13.1 Å². The monoisotopic (exact) mass is 199 g/mol. The van der Waals surface area contributed by atoms with Crippen molar-refractivity contribution in [1.82, 2.24) is 5.32 Å². The predicted molar refractivity (Wildman–Crippen MR) is 51.9 cm³/mol. The molecule has 2 rings (SSSR count). The molecule has 1 aromatic carbocycles. The molecule has 0 atom stereocenters. The molecule has 0 amide bonds. The first-order chi connectivity index (χ1) is 6.18. The zero-order valence-corrected chi connectivity index (χ0v) is 7.94. The fraction of sp³-hybridized carbons (Fsp3) is 0.400. The summed E-state index contributed by atoms with van der Waals surface area (Å²) >= 11 is 5.72. The maximum absolute atomic E-state index is 13.6. The molecule has 1 saturated heterocycles. The second-order valence-electron chi connectivity index (χ2n) is 3.56. The van der Waals surface area contributed by atoms with Crippen LogP contribution in [-0.4, -0.2) is 18.8 Å². The third-order valence-electron chi connectivity index (χ3n) is 2.32. The third-order valence-corrected chi connectivity index (χ3v) is 2.57. The maximum atomic E-state index is 13.6. The van der Waals surface area contributed by atoms with Gasteiger partial charge in [0.1, 0.15) is 5.67 Å². The van der Waals surface area contributed by atoms with E-state index in [-0.39, 0.29) is 0 Å². The number of alkyl halides is 1. The van der Waals surface area contributed by atoms with Gasteiger partial charge in [0.05, 0.1) is 0 Å². The van der Waals surface area contributed by atoms with E-state index in [9.17, 15) is 4.39 Å². The first-order valence-corrected chi connectivity index (χ1v) is 4.70. The average Bonchev–Trinajstić information content (AvgIpc) is 2.06. The number of benzene rings is 1. The lowest BCUT2D eigenvalue weighted by atomic mass is 9.91. The Balaban J connectivity index is 2.05. The maximum Gasteiger partial charge on any atom is 0.139 e. The summed E-state index contributed by atoms with van der Waals surface area (Å²) in [6, 6.07) is 7.35. The molecule has 0 spiro atoms. The Morgan fingerprint density at radius 1 is 1.31 bits per heavy atom. The first-order valence-electron chi connectivity index (χ1n) is 4.32. The lowest BCUT2D eigenvalue weighted by Gasteiger charge is -2.35. The molecule has 0 aromatic heterocycles. The Morgan fingerprint density at radius 3 is 2.38 bits per heavy atom. The summed E-state index contributed by atoms with van der Waals surface area (Å²) in [5.41, 5.74) is -0.0261. The number of nitrogens with one attached hydrogen (secondary N) is 1. The van der Waals surface area contributed by atoms with Crippen LogP contribution in [0.3, 0.4) is 0 Å². The summed E-state index contributed by atoms with van der Waals surface area (Å²) in [5.74, 6) is 0. The number of hydrogen-bond acceptors (Lipinski definition) is 1. The summed E-state index contributed by atoms with van der Waals surface area (Å²) < 4.78 is 13.6. The Bertz CT molecular complexity index is 292. The van der Waals surface area contributed by atoms with Crippen molar-refractivity contribution in [3.05, 3.63) is 34.9 Å². The van der Waals surface area contributed by atoms with Crippen molar-refractivity contribution in [2.24, 2.45) is 0 Å². The fourth-order valence-electron chi connectivity index (χ4n) is 1.49. The van der Waals surface area contributed by atoms with E-state index in [4.69, 9.17) is 11.6 Å². The first kappa shape index (κ1) is 8.97. The lowest BCUT2D eigenvalue weighted by Crippen LogP contribution is -2.57. The van der Waals surface area contributed by atoms with Crippen molar-refractivity contribution in [3.8, 4) is 0 Å². The van der Waals surface area contributed by atoms with Gasteiger partial charge in [-0.05, 0) is 17.7 Å². The molecule has 1 aliphatic heterocycles. The van der Waals surface area contributed by atoms with E-state index in [1.807, 2.05) is 12.1 Å². The molecule has 0 radical (unpaired) electrons. The summed E-state index contributed by atoms with van der Waals surface area (Å²) in [7, 11) is 0. The summed E-state index contributed by atoms with van der Waals surface area (Å²) in [5, 5.41) is 3.63. The Kier molecular flexibility index (Phi) is 2.26. The van der Waals surface area contributed by atoms with Crippen LogP contribution in [0, 0.1) is 0 Å². The van der Waals surface area contributed by atoms with Gasteiger partial charge in [-0.1, -0.05) is 23.7 Å². The van der Waals surface area contributed by atoms with Crippen molar-refractivity contribution < 1.29 is 4.39 Å². The van der Waals surface area contributed by atoms with Crippen LogP contribution < -0.4 is 5.32 Å². The van der Waals surface area contributed by atoms with Gasteiger partial charge in [0.2, 0.25) is 0 Å². The Hall–Kier alpha value is -0.600. The van der Waals surface area contributed by atoms with Gasteiger partial charge in [-0.15, -0.1) is 0 Å². The van der Waals surface area contributed by atoms with E-state index < -0.39 is 5.67 Å². The Morgan fingerprint density at radius 2 is 1.92 bits per heavy atom. The van der Waals surface area contributed by atoms with Crippen LogP contribution in [0.15, 0.2) is 24.3 Å². The van der Waals surface area contributed by atoms with Crippen LogP contribution in [0.25, 0.3) is 0 Å². The van der Waals surface area contributed by atoms with E-state index in [0.717, 1.165) is 5.56 Å². The smallest absolute Gasteiger partial charge is 0.139 e. The van der Waals surface area contributed by atoms with Gasteiger partial charge in [0.15, 0.2) is 0 Å². The average molecular weight is 200 g/mol. The van der Waals surface area contributed by atoms with Crippen molar-refractivity contribution in [3.63, 3.8) is 0 Å². The van der Waals surface area contributed by atoms with Crippen molar-refractivity contribution >= 4 is 11.6 Å². The van der Waals surface area contributed by atoms with Gasteiger partial charge >= 0.3 is 0 Å². The number of rotatable bonds is 2. The van der Waals surface area contributed by atoms with Crippen molar-refractivity contribution in [1.29, 1.82) is 0 Å². The minimum absolute atomic E-state index is 0.468. The largest absolute Gasteiger partial charge is 0.310 e. The Labute approximate surface area is 81.9 Å². The molecule has 0 unspecified atom stereocenters. The van der Waals surface area contributed by atoms with Crippen LogP contribution >= 0.6 is 11.6 Å².